The van der Waals surface area contributed by atoms with Crippen LogP contribution in [0, 0.1) is 6.92 Å². The van der Waals surface area contributed by atoms with Gasteiger partial charge in [0.05, 0.1) is 12.4 Å². The second kappa shape index (κ2) is 9.52. The zero-order chi connectivity index (χ0) is 23.7. The molecule has 2 heterocycles. The molecule has 8 heteroatoms. The Kier molecular flexibility index (Phi) is 6.71. The van der Waals surface area contributed by atoms with Crippen LogP contribution in [0.3, 0.4) is 0 Å². The van der Waals surface area contributed by atoms with Crippen LogP contribution in [-0.2, 0) is 11.2 Å². The predicted octanol–water partition coefficient (Wildman–Crippen LogP) is 2.86. The normalized spacial score (nSPS) is 25.3. The lowest BCUT2D eigenvalue weighted by Gasteiger charge is -2.40. The fourth-order valence-electron chi connectivity index (χ4n) is 4.14. The average Bonchev–Trinajstić information content (AvgIpc) is 3.25. The molecule has 0 spiro atoms. The first-order valence-corrected chi connectivity index (χ1v) is 11.0. The molecule has 0 aliphatic carbocycles. The molecule has 176 valence electrons. The van der Waals surface area contributed by atoms with E-state index in [-0.39, 0.29) is 29.3 Å². The molecule has 2 aromatic carbocycles. The summed E-state index contributed by atoms with van der Waals surface area (Å²) >= 11 is 0. The third-order valence-corrected chi connectivity index (χ3v) is 5.98. The number of ketones is 1. The van der Waals surface area contributed by atoms with Crippen LogP contribution in [0.15, 0.2) is 47.1 Å². The Hall–Kier alpha value is -2.91. The molecule has 2 unspecified atom stereocenters. The van der Waals surface area contributed by atoms with Crippen LogP contribution in [0.4, 0.5) is 0 Å². The Morgan fingerprint density at radius 1 is 1.06 bits per heavy atom. The van der Waals surface area contributed by atoms with Crippen molar-refractivity contribution in [3.8, 4) is 11.5 Å². The van der Waals surface area contributed by atoms with Crippen LogP contribution >= 0.6 is 0 Å². The highest BCUT2D eigenvalue weighted by molar-refractivity contribution is 6.01. The van der Waals surface area contributed by atoms with Gasteiger partial charge >= 0.3 is 0 Å². The maximum absolute atomic E-state index is 13.1. The van der Waals surface area contributed by atoms with Gasteiger partial charge in [0.25, 0.3) is 0 Å². The Morgan fingerprint density at radius 2 is 1.85 bits per heavy atom. The van der Waals surface area contributed by atoms with E-state index in [1.165, 1.54) is 6.07 Å². The van der Waals surface area contributed by atoms with Gasteiger partial charge < -0.3 is 34.3 Å². The van der Waals surface area contributed by atoms with Crippen molar-refractivity contribution in [3.63, 3.8) is 0 Å². The summed E-state index contributed by atoms with van der Waals surface area (Å²) in [6, 6.07) is 10.6. The zero-order valence-corrected chi connectivity index (χ0v) is 18.5. The molecule has 0 radical (unpaired) electrons. The second-order valence-corrected chi connectivity index (χ2v) is 8.41. The van der Waals surface area contributed by atoms with Gasteiger partial charge in [0.1, 0.15) is 41.0 Å². The molecule has 33 heavy (non-hydrogen) atoms. The maximum Gasteiger partial charge on any atom is 0.229 e. The standard InChI is InChI=1S/C25H28O8/c1-3-18-22(28)23(29)24(30)25(32-18)33-20-11-13(2)10-17(27)21(20)16(26)6-4-14-5-7-19-15(12-14)8-9-31-19/h5,7-12,18,22-25,27-30H,3-4,6H2,1-2H3/t18?,22-,23-,24?,25-/m0/s1. The van der Waals surface area contributed by atoms with Gasteiger partial charge in [-0.05, 0) is 61.2 Å². The highest BCUT2D eigenvalue weighted by atomic mass is 16.7. The summed E-state index contributed by atoms with van der Waals surface area (Å²) in [4.78, 5) is 13.1. The van der Waals surface area contributed by atoms with Crippen LogP contribution in [0.5, 0.6) is 11.5 Å². The van der Waals surface area contributed by atoms with Gasteiger partial charge in [0, 0.05) is 11.8 Å². The topological polar surface area (TPSA) is 130 Å². The fraction of sp³-hybridized carbons (Fsp3) is 0.400. The molecule has 8 nitrogen and oxygen atoms in total. The van der Waals surface area contributed by atoms with Gasteiger partial charge in [0.15, 0.2) is 5.78 Å². The Balaban J connectivity index is 1.55. The quantitative estimate of drug-likeness (QED) is 0.400. The number of carbonyl (C=O) groups is 1. The number of fused-ring (bicyclic) bond motifs is 1. The summed E-state index contributed by atoms with van der Waals surface area (Å²) in [5, 5.41) is 42.1. The number of phenolic OH excluding ortho intramolecular Hbond substituents is 1. The van der Waals surface area contributed by atoms with Crippen molar-refractivity contribution in [3.05, 3.63) is 59.4 Å². The predicted molar refractivity (Wildman–Crippen MR) is 119 cm³/mol. The molecule has 5 atom stereocenters. The van der Waals surface area contributed by atoms with E-state index >= 15 is 0 Å². The first-order valence-electron chi connectivity index (χ1n) is 11.0. The van der Waals surface area contributed by atoms with Crippen molar-refractivity contribution < 1.29 is 39.1 Å². The number of furan rings is 1. The van der Waals surface area contributed by atoms with Crippen molar-refractivity contribution in [1.82, 2.24) is 0 Å². The van der Waals surface area contributed by atoms with E-state index in [1.54, 1.807) is 26.2 Å². The van der Waals surface area contributed by atoms with E-state index in [1.807, 2.05) is 24.3 Å². The minimum atomic E-state index is -1.53. The zero-order valence-electron chi connectivity index (χ0n) is 18.5. The molecular formula is C25H28O8. The fourth-order valence-corrected chi connectivity index (χ4v) is 4.14. The summed E-state index contributed by atoms with van der Waals surface area (Å²) in [7, 11) is 0. The number of aryl methyl sites for hydroxylation is 2. The van der Waals surface area contributed by atoms with Crippen molar-refractivity contribution >= 4 is 16.8 Å². The SMILES string of the molecule is CCC1O[C@@H](Oc2cc(C)cc(O)c2C(=O)CCc2ccc3occc3c2)C(O)[C@@H](O)[C@H]1O. The lowest BCUT2D eigenvalue weighted by atomic mass is 9.97. The number of ether oxygens (including phenoxy) is 2. The van der Waals surface area contributed by atoms with Crippen LogP contribution < -0.4 is 4.74 Å². The molecular weight excluding hydrogens is 428 g/mol. The lowest BCUT2D eigenvalue weighted by Crippen LogP contribution is -2.59. The Morgan fingerprint density at radius 3 is 2.61 bits per heavy atom. The van der Waals surface area contributed by atoms with E-state index in [0.29, 0.717) is 18.4 Å². The van der Waals surface area contributed by atoms with Gasteiger partial charge in [-0.2, -0.15) is 0 Å². The van der Waals surface area contributed by atoms with Crippen LogP contribution in [0.1, 0.15) is 41.3 Å². The van der Waals surface area contributed by atoms with E-state index < -0.39 is 30.7 Å². The summed E-state index contributed by atoms with van der Waals surface area (Å²) in [5.41, 5.74) is 2.33. The monoisotopic (exact) mass is 456 g/mol. The molecule has 4 rings (SSSR count). The van der Waals surface area contributed by atoms with Crippen LogP contribution in [-0.4, -0.2) is 56.9 Å². The number of Topliss-reactive ketones (excluding diaryl/α,β-unsaturated/α-hetero) is 1. The summed E-state index contributed by atoms with van der Waals surface area (Å²) in [6.07, 6.45) is -3.77. The van der Waals surface area contributed by atoms with Crippen LogP contribution in [0.25, 0.3) is 11.0 Å². The number of rotatable bonds is 7. The van der Waals surface area contributed by atoms with E-state index in [2.05, 4.69) is 0 Å². The van der Waals surface area contributed by atoms with Gasteiger partial charge in [-0.3, -0.25) is 4.79 Å². The molecule has 1 aliphatic heterocycles. The molecule has 4 N–H and O–H groups in total. The Bertz CT molecular complexity index is 1130. The molecule has 1 aromatic heterocycles. The summed E-state index contributed by atoms with van der Waals surface area (Å²) < 4.78 is 16.8. The smallest absolute Gasteiger partial charge is 0.229 e. The van der Waals surface area contributed by atoms with Crippen molar-refractivity contribution in [1.29, 1.82) is 0 Å². The molecule has 1 fully saturated rings. The molecule has 3 aromatic rings. The Labute approximate surface area is 191 Å². The number of aliphatic hydroxyl groups is 3. The van der Waals surface area contributed by atoms with Gasteiger partial charge in [-0.25, -0.2) is 0 Å². The number of benzene rings is 2. The van der Waals surface area contributed by atoms with E-state index in [9.17, 15) is 25.2 Å². The number of hydrogen-bond donors (Lipinski definition) is 4. The minimum Gasteiger partial charge on any atom is -0.507 e. The molecule has 1 aliphatic rings. The molecule has 0 amide bonds. The first-order chi connectivity index (χ1) is 15.8. The number of aromatic hydroxyl groups is 1. The number of phenols is 1. The summed E-state index contributed by atoms with van der Waals surface area (Å²) in [5.74, 6) is -0.531. The van der Waals surface area contributed by atoms with Gasteiger partial charge in [0.2, 0.25) is 6.29 Å². The average molecular weight is 456 g/mol. The maximum atomic E-state index is 13.1. The number of carbonyl (C=O) groups excluding carboxylic acids is 1. The third-order valence-electron chi connectivity index (χ3n) is 5.98. The van der Waals surface area contributed by atoms with Crippen molar-refractivity contribution in [2.24, 2.45) is 0 Å². The van der Waals surface area contributed by atoms with Gasteiger partial charge in [-0.15, -0.1) is 0 Å². The number of hydrogen-bond acceptors (Lipinski definition) is 8. The van der Waals surface area contributed by atoms with Crippen molar-refractivity contribution in [2.45, 2.75) is 63.8 Å². The number of aliphatic hydroxyl groups excluding tert-OH is 3. The van der Waals surface area contributed by atoms with Crippen molar-refractivity contribution in [2.75, 3.05) is 0 Å². The minimum absolute atomic E-state index is 0.0190. The molecule has 1 saturated heterocycles. The first kappa shape index (κ1) is 23.3. The van der Waals surface area contributed by atoms with E-state index in [0.717, 1.165) is 16.5 Å². The highest BCUT2D eigenvalue weighted by Gasteiger charge is 2.44. The largest absolute Gasteiger partial charge is 0.507 e. The third kappa shape index (κ3) is 4.74. The molecule has 0 saturated carbocycles. The van der Waals surface area contributed by atoms with Gasteiger partial charge in [-0.1, -0.05) is 13.0 Å². The summed E-state index contributed by atoms with van der Waals surface area (Å²) in [6.45, 7) is 3.50. The molecule has 0 bridgehead atoms. The van der Waals surface area contributed by atoms with E-state index in [4.69, 9.17) is 13.9 Å². The second-order valence-electron chi connectivity index (χ2n) is 8.41. The lowest BCUT2D eigenvalue weighted by molar-refractivity contribution is -0.272. The van der Waals surface area contributed by atoms with Crippen LogP contribution in [0.2, 0.25) is 0 Å². The highest BCUT2D eigenvalue weighted by Crippen LogP contribution is 2.34.